The fourth-order valence-corrected chi connectivity index (χ4v) is 5.34. The molecule has 2 heterocycles. The topological polar surface area (TPSA) is 71.1 Å². The predicted octanol–water partition coefficient (Wildman–Crippen LogP) is 3.99. The number of likely N-dealkylation sites (N-methyl/N-ethyl adjacent to an activating group) is 1. The van der Waals surface area contributed by atoms with Crippen LogP contribution in [0.15, 0.2) is 36.4 Å². The van der Waals surface area contributed by atoms with Crippen LogP contribution in [0, 0.1) is 11.7 Å². The predicted molar refractivity (Wildman–Crippen MR) is 136 cm³/mol. The molecule has 2 aromatic carbocycles. The maximum absolute atomic E-state index is 15.0. The van der Waals surface area contributed by atoms with Crippen molar-refractivity contribution in [2.75, 3.05) is 47.4 Å². The first-order valence-corrected chi connectivity index (χ1v) is 12.6. The van der Waals surface area contributed by atoms with Crippen LogP contribution < -0.4 is 14.8 Å². The third-order valence-electron chi connectivity index (χ3n) is 7.51. The Kier molecular flexibility index (Phi) is 8.14. The van der Waals surface area contributed by atoms with Crippen LogP contribution in [0.1, 0.15) is 59.6 Å². The number of halogens is 1. The summed E-state index contributed by atoms with van der Waals surface area (Å²) in [6.45, 7) is 5.90. The van der Waals surface area contributed by atoms with Crippen LogP contribution in [0.2, 0.25) is 0 Å². The van der Waals surface area contributed by atoms with Crippen molar-refractivity contribution in [3.8, 4) is 11.5 Å². The highest BCUT2D eigenvalue weighted by Gasteiger charge is 2.44. The van der Waals surface area contributed by atoms with E-state index in [-0.39, 0.29) is 11.8 Å². The number of hydrogen-bond acceptors (Lipinski definition) is 5. The minimum Gasteiger partial charge on any atom is -0.493 e. The van der Waals surface area contributed by atoms with Gasteiger partial charge in [-0.05, 0) is 68.6 Å². The van der Waals surface area contributed by atoms with Gasteiger partial charge < -0.3 is 24.6 Å². The van der Waals surface area contributed by atoms with Crippen molar-refractivity contribution in [2.45, 2.75) is 38.1 Å². The Bertz CT molecular complexity index is 1100. The molecule has 0 unspecified atom stereocenters. The van der Waals surface area contributed by atoms with Crippen molar-refractivity contribution in [3.05, 3.63) is 58.9 Å². The van der Waals surface area contributed by atoms with Crippen LogP contribution >= 0.6 is 0 Å². The van der Waals surface area contributed by atoms with Gasteiger partial charge in [0.15, 0.2) is 11.5 Å². The summed E-state index contributed by atoms with van der Waals surface area (Å²) in [5.74, 6) is -0.224. The number of methoxy groups -OCH3 is 2. The van der Waals surface area contributed by atoms with Crippen molar-refractivity contribution in [1.82, 2.24) is 15.1 Å². The molecule has 0 radical (unpaired) electrons. The van der Waals surface area contributed by atoms with Gasteiger partial charge in [0.2, 0.25) is 5.91 Å². The molecule has 1 fully saturated rings. The lowest BCUT2D eigenvalue weighted by Crippen LogP contribution is -2.46. The summed E-state index contributed by atoms with van der Waals surface area (Å²) in [6.07, 6.45) is 3.24. The standard InChI is InChI=1S/C28H36FN3O4/c1-18-10-14-32(15-11-18)13-7-12-30-27(33)25-20-16-23(35-3)24(36-4)17-21(20)28(34)31(2)26(25)19-8-5-6-9-22(19)29/h5-6,8-9,16-18,25-26H,7,10-15H2,1-4H3,(H,30,33)/t25-,26-/m1/s1. The number of benzene rings is 2. The fraction of sp³-hybridized carbons (Fsp3) is 0.500. The van der Waals surface area contributed by atoms with E-state index in [2.05, 4.69) is 17.1 Å². The molecule has 2 aromatic rings. The van der Waals surface area contributed by atoms with E-state index in [9.17, 15) is 14.0 Å². The second kappa shape index (κ2) is 11.3. The Morgan fingerprint density at radius 2 is 1.75 bits per heavy atom. The Morgan fingerprint density at radius 3 is 2.42 bits per heavy atom. The quantitative estimate of drug-likeness (QED) is 0.559. The number of carbonyl (C=O) groups excluding carboxylic acids is 2. The molecule has 4 rings (SSSR count). The summed E-state index contributed by atoms with van der Waals surface area (Å²) in [5, 5.41) is 3.06. The highest BCUT2D eigenvalue weighted by atomic mass is 19.1. The molecule has 2 aliphatic heterocycles. The normalized spacial score (nSPS) is 20.7. The number of carbonyl (C=O) groups is 2. The Morgan fingerprint density at radius 1 is 1.08 bits per heavy atom. The number of ether oxygens (including phenoxy) is 2. The summed E-state index contributed by atoms with van der Waals surface area (Å²) in [5.41, 5.74) is 1.16. The minimum atomic E-state index is -0.810. The number of hydrogen-bond donors (Lipinski definition) is 1. The maximum atomic E-state index is 15.0. The third-order valence-corrected chi connectivity index (χ3v) is 7.51. The smallest absolute Gasteiger partial charge is 0.254 e. The van der Waals surface area contributed by atoms with Gasteiger partial charge in [0.1, 0.15) is 5.82 Å². The lowest BCUT2D eigenvalue weighted by Gasteiger charge is -2.40. The van der Waals surface area contributed by atoms with E-state index in [1.165, 1.54) is 38.0 Å². The molecule has 1 N–H and O–H groups in total. The van der Waals surface area contributed by atoms with Crippen LogP contribution in [0.3, 0.4) is 0 Å². The minimum absolute atomic E-state index is 0.247. The van der Waals surface area contributed by atoms with E-state index in [1.807, 2.05) is 0 Å². The largest absolute Gasteiger partial charge is 0.493 e. The van der Waals surface area contributed by atoms with Gasteiger partial charge in [-0.2, -0.15) is 0 Å². The maximum Gasteiger partial charge on any atom is 0.254 e. The van der Waals surface area contributed by atoms with Crippen molar-refractivity contribution in [1.29, 1.82) is 0 Å². The first-order valence-electron chi connectivity index (χ1n) is 12.6. The SMILES string of the molecule is COc1cc2c(cc1OC)[C@@H](C(=O)NCCCN1CCC(C)CC1)[C@@H](c1ccccc1F)N(C)C2=O. The molecular formula is C28H36FN3O4. The molecule has 36 heavy (non-hydrogen) atoms. The molecule has 0 bridgehead atoms. The Hall–Kier alpha value is -3.13. The number of nitrogens with one attached hydrogen (secondary N) is 1. The zero-order valence-corrected chi connectivity index (χ0v) is 21.6. The average Bonchev–Trinajstić information content (AvgIpc) is 2.89. The molecule has 2 atom stereocenters. The van der Waals surface area contributed by atoms with Crippen molar-refractivity contribution in [2.24, 2.45) is 5.92 Å². The van der Waals surface area contributed by atoms with Gasteiger partial charge in [-0.1, -0.05) is 25.1 Å². The second-order valence-electron chi connectivity index (χ2n) is 9.82. The number of fused-ring (bicyclic) bond motifs is 1. The van der Waals surface area contributed by atoms with Gasteiger partial charge in [0.25, 0.3) is 5.91 Å². The zero-order chi connectivity index (χ0) is 25.8. The average molecular weight is 498 g/mol. The summed E-state index contributed by atoms with van der Waals surface area (Å²) in [6, 6.07) is 8.78. The molecule has 2 aliphatic rings. The van der Waals surface area contributed by atoms with Gasteiger partial charge in [0, 0.05) is 24.7 Å². The molecule has 0 aromatic heterocycles. The van der Waals surface area contributed by atoms with Crippen LogP contribution in [-0.4, -0.2) is 69.1 Å². The van der Waals surface area contributed by atoms with Gasteiger partial charge >= 0.3 is 0 Å². The summed E-state index contributed by atoms with van der Waals surface area (Å²) in [4.78, 5) is 31.0. The van der Waals surface area contributed by atoms with E-state index in [4.69, 9.17) is 9.47 Å². The molecule has 0 aliphatic carbocycles. The molecular weight excluding hydrogens is 461 g/mol. The Balaban J connectivity index is 1.62. The van der Waals surface area contributed by atoms with E-state index in [0.29, 0.717) is 34.7 Å². The van der Waals surface area contributed by atoms with E-state index < -0.39 is 17.8 Å². The van der Waals surface area contributed by atoms with Gasteiger partial charge in [-0.3, -0.25) is 9.59 Å². The number of rotatable bonds is 8. The number of piperidine rings is 1. The summed E-state index contributed by atoms with van der Waals surface area (Å²) >= 11 is 0. The summed E-state index contributed by atoms with van der Waals surface area (Å²) in [7, 11) is 4.61. The molecule has 2 amide bonds. The molecule has 0 saturated carbocycles. The monoisotopic (exact) mass is 497 g/mol. The molecule has 8 heteroatoms. The molecule has 1 saturated heterocycles. The van der Waals surface area contributed by atoms with Crippen molar-refractivity contribution < 1.29 is 23.5 Å². The highest BCUT2D eigenvalue weighted by molar-refractivity contribution is 6.02. The van der Waals surface area contributed by atoms with Crippen LogP contribution in [0.4, 0.5) is 4.39 Å². The van der Waals surface area contributed by atoms with Crippen molar-refractivity contribution in [3.63, 3.8) is 0 Å². The lowest BCUT2D eigenvalue weighted by atomic mass is 9.79. The Labute approximate surface area is 212 Å². The fourth-order valence-electron chi connectivity index (χ4n) is 5.34. The summed E-state index contributed by atoms with van der Waals surface area (Å²) < 4.78 is 25.8. The zero-order valence-electron chi connectivity index (χ0n) is 21.6. The highest BCUT2D eigenvalue weighted by Crippen LogP contribution is 2.46. The first kappa shape index (κ1) is 25.9. The molecule has 194 valence electrons. The molecule has 7 nitrogen and oxygen atoms in total. The van der Waals surface area contributed by atoms with Gasteiger partial charge in [0.05, 0.1) is 26.2 Å². The second-order valence-corrected chi connectivity index (χ2v) is 9.82. The number of amides is 2. The van der Waals surface area contributed by atoms with Crippen LogP contribution in [-0.2, 0) is 4.79 Å². The number of nitrogens with zero attached hydrogens (tertiary/aromatic N) is 2. The van der Waals surface area contributed by atoms with E-state index in [0.717, 1.165) is 32.0 Å². The first-order chi connectivity index (χ1) is 17.3. The third kappa shape index (κ3) is 5.19. The van der Waals surface area contributed by atoms with Gasteiger partial charge in [-0.15, -0.1) is 0 Å². The molecule has 0 spiro atoms. The lowest BCUT2D eigenvalue weighted by molar-refractivity contribution is -0.124. The van der Waals surface area contributed by atoms with Gasteiger partial charge in [-0.25, -0.2) is 4.39 Å². The number of likely N-dealkylation sites (tertiary alicyclic amines) is 1. The van der Waals surface area contributed by atoms with Crippen LogP contribution in [0.25, 0.3) is 0 Å². The van der Waals surface area contributed by atoms with E-state index in [1.54, 1.807) is 37.4 Å². The van der Waals surface area contributed by atoms with E-state index >= 15 is 0 Å². The van der Waals surface area contributed by atoms with Crippen LogP contribution in [0.5, 0.6) is 11.5 Å². The van der Waals surface area contributed by atoms with Crippen molar-refractivity contribution >= 4 is 11.8 Å².